The zero-order valence-electron chi connectivity index (χ0n) is 10.9. The van der Waals surface area contributed by atoms with Gasteiger partial charge in [-0.15, -0.1) is 0 Å². The molecule has 0 aliphatic heterocycles. The Morgan fingerprint density at radius 2 is 2.11 bits per heavy atom. The fraction of sp³-hybridized carbons (Fsp3) is 0.308. The van der Waals surface area contributed by atoms with Gasteiger partial charge in [-0.25, -0.2) is 15.0 Å². The van der Waals surface area contributed by atoms with Crippen LogP contribution in [0.3, 0.4) is 0 Å². The van der Waals surface area contributed by atoms with Crippen molar-refractivity contribution >= 4 is 29.2 Å². The van der Waals surface area contributed by atoms with Crippen molar-refractivity contribution in [2.75, 3.05) is 11.9 Å². The van der Waals surface area contributed by atoms with Gasteiger partial charge in [-0.2, -0.15) is 0 Å². The molecule has 2 aromatic heterocycles. The first-order valence-electron chi connectivity index (χ1n) is 6.06. The van der Waals surface area contributed by atoms with Crippen LogP contribution in [0.4, 0.5) is 5.82 Å². The molecule has 0 radical (unpaired) electrons. The smallest absolute Gasteiger partial charge is 0.130 e. The second-order valence-electron chi connectivity index (χ2n) is 3.98. The minimum atomic E-state index is 0.633. The molecule has 4 nitrogen and oxygen atoms in total. The molecule has 0 saturated heterocycles. The van der Waals surface area contributed by atoms with Gasteiger partial charge in [0, 0.05) is 18.8 Å². The van der Waals surface area contributed by atoms with Crippen LogP contribution in [-0.2, 0) is 0 Å². The summed E-state index contributed by atoms with van der Waals surface area (Å²) in [6.45, 7) is 4.91. The Balaban J connectivity index is 2.15. The lowest BCUT2D eigenvalue weighted by Crippen LogP contribution is -2.04. The normalized spacial score (nSPS) is 10.5. The molecule has 0 aliphatic rings. The first-order valence-corrected chi connectivity index (χ1v) is 7.26. The van der Waals surface area contributed by atoms with E-state index in [1.807, 2.05) is 25.1 Å². The first kappa shape index (κ1) is 14.1. The van der Waals surface area contributed by atoms with E-state index in [1.165, 1.54) is 11.8 Å². The number of hydrogen-bond acceptors (Lipinski definition) is 5. The standard InChI is InChI=1S/C13H15ClN4S/c1-3-6-15-11-7-13(18-9(2)17-11)19-12-5-4-10(14)8-16-12/h4-5,7-8H,3,6H2,1-2H3,(H,15,17,18). The van der Waals surface area contributed by atoms with Gasteiger partial charge in [-0.1, -0.05) is 18.5 Å². The van der Waals surface area contributed by atoms with Crippen LogP contribution < -0.4 is 5.32 Å². The summed E-state index contributed by atoms with van der Waals surface area (Å²) in [6.07, 6.45) is 2.69. The summed E-state index contributed by atoms with van der Waals surface area (Å²) >= 11 is 7.31. The first-order chi connectivity index (χ1) is 9.17. The average Bonchev–Trinajstić information content (AvgIpc) is 2.38. The van der Waals surface area contributed by atoms with Gasteiger partial charge in [-0.05, 0) is 37.2 Å². The van der Waals surface area contributed by atoms with Gasteiger partial charge in [0.1, 0.15) is 21.7 Å². The number of nitrogens with zero attached hydrogens (tertiary/aromatic N) is 3. The van der Waals surface area contributed by atoms with E-state index >= 15 is 0 Å². The van der Waals surface area contributed by atoms with Gasteiger partial charge in [0.15, 0.2) is 0 Å². The number of nitrogens with one attached hydrogen (secondary N) is 1. The van der Waals surface area contributed by atoms with E-state index in [0.717, 1.165) is 34.7 Å². The third-order valence-corrected chi connectivity index (χ3v) is 3.37. The van der Waals surface area contributed by atoms with Crippen molar-refractivity contribution < 1.29 is 0 Å². The molecule has 0 saturated carbocycles. The predicted molar refractivity (Wildman–Crippen MR) is 78.9 cm³/mol. The maximum atomic E-state index is 5.81. The van der Waals surface area contributed by atoms with Gasteiger partial charge in [0.25, 0.3) is 0 Å². The van der Waals surface area contributed by atoms with Crippen molar-refractivity contribution in [3.05, 3.63) is 35.2 Å². The Morgan fingerprint density at radius 1 is 1.26 bits per heavy atom. The fourth-order valence-corrected chi connectivity index (χ4v) is 2.38. The van der Waals surface area contributed by atoms with Crippen molar-refractivity contribution in [1.82, 2.24) is 15.0 Å². The van der Waals surface area contributed by atoms with E-state index in [9.17, 15) is 0 Å². The number of hydrogen-bond donors (Lipinski definition) is 1. The molecule has 0 aliphatic carbocycles. The van der Waals surface area contributed by atoms with Crippen LogP contribution in [0.1, 0.15) is 19.2 Å². The SMILES string of the molecule is CCCNc1cc(Sc2ccc(Cl)cn2)nc(C)n1. The van der Waals surface area contributed by atoms with E-state index < -0.39 is 0 Å². The molecule has 2 aromatic rings. The molecule has 0 aromatic carbocycles. The quantitative estimate of drug-likeness (QED) is 0.850. The molecule has 2 heterocycles. The Morgan fingerprint density at radius 3 is 2.79 bits per heavy atom. The fourth-order valence-electron chi connectivity index (χ4n) is 1.47. The maximum Gasteiger partial charge on any atom is 0.130 e. The number of pyridine rings is 1. The largest absolute Gasteiger partial charge is 0.370 e. The van der Waals surface area contributed by atoms with Gasteiger partial charge in [0.2, 0.25) is 0 Å². The Bertz CT molecular complexity index is 545. The van der Waals surface area contributed by atoms with Crippen molar-refractivity contribution in [3.8, 4) is 0 Å². The zero-order chi connectivity index (χ0) is 13.7. The molecule has 0 fully saturated rings. The van der Waals surface area contributed by atoms with E-state index in [0.29, 0.717) is 5.02 Å². The van der Waals surface area contributed by atoms with E-state index in [-0.39, 0.29) is 0 Å². The summed E-state index contributed by atoms with van der Waals surface area (Å²) in [5.41, 5.74) is 0. The maximum absolute atomic E-state index is 5.81. The van der Waals surface area contributed by atoms with Gasteiger partial charge in [-0.3, -0.25) is 0 Å². The molecule has 0 amide bonds. The number of aryl methyl sites for hydroxylation is 1. The van der Waals surface area contributed by atoms with Crippen LogP contribution in [0.15, 0.2) is 34.4 Å². The highest BCUT2D eigenvalue weighted by molar-refractivity contribution is 7.99. The number of aromatic nitrogens is 3. The lowest BCUT2D eigenvalue weighted by Gasteiger charge is -2.07. The summed E-state index contributed by atoms with van der Waals surface area (Å²) < 4.78 is 0. The highest BCUT2D eigenvalue weighted by atomic mass is 35.5. The molecule has 100 valence electrons. The molecule has 0 unspecified atom stereocenters. The molecule has 0 bridgehead atoms. The second kappa shape index (κ2) is 6.73. The Hall–Kier alpha value is -1.33. The summed E-state index contributed by atoms with van der Waals surface area (Å²) in [6, 6.07) is 5.63. The summed E-state index contributed by atoms with van der Waals surface area (Å²) in [7, 11) is 0. The van der Waals surface area contributed by atoms with Crippen molar-refractivity contribution in [2.24, 2.45) is 0 Å². The highest BCUT2D eigenvalue weighted by Crippen LogP contribution is 2.26. The summed E-state index contributed by atoms with van der Waals surface area (Å²) in [5, 5.41) is 5.64. The Labute approximate surface area is 122 Å². The summed E-state index contributed by atoms with van der Waals surface area (Å²) in [5.74, 6) is 1.60. The van der Waals surface area contributed by atoms with Gasteiger partial charge < -0.3 is 5.32 Å². The third kappa shape index (κ3) is 4.36. The van der Waals surface area contributed by atoms with Gasteiger partial charge in [0.05, 0.1) is 5.02 Å². The zero-order valence-corrected chi connectivity index (χ0v) is 12.4. The van der Waals surface area contributed by atoms with Gasteiger partial charge >= 0.3 is 0 Å². The third-order valence-electron chi connectivity index (χ3n) is 2.28. The highest BCUT2D eigenvalue weighted by Gasteiger charge is 2.04. The molecular formula is C13H15ClN4S. The number of rotatable bonds is 5. The van der Waals surface area contributed by atoms with Crippen LogP contribution in [0.5, 0.6) is 0 Å². The molecule has 19 heavy (non-hydrogen) atoms. The number of halogens is 1. The molecular weight excluding hydrogens is 280 g/mol. The van der Waals surface area contributed by atoms with Crippen LogP contribution in [0.25, 0.3) is 0 Å². The molecule has 1 N–H and O–H groups in total. The Kier molecular flexibility index (Phi) is 4.99. The lowest BCUT2D eigenvalue weighted by molar-refractivity contribution is 0.926. The van der Waals surface area contributed by atoms with Crippen LogP contribution in [0, 0.1) is 6.92 Å². The molecule has 0 atom stereocenters. The monoisotopic (exact) mass is 294 g/mol. The molecule has 6 heteroatoms. The summed E-state index contributed by atoms with van der Waals surface area (Å²) in [4.78, 5) is 13.0. The van der Waals surface area contributed by atoms with Crippen LogP contribution in [-0.4, -0.2) is 21.5 Å². The van der Waals surface area contributed by atoms with E-state index in [2.05, 4.69) is 27.2 Å². The van der Waals surface area contributed by atoms with Crippen molar-refractivity contribution in [1.29, 1.82) is 0 Å². The van der Waals surface area contributed by atoms with Crippen molar-refractivity contribution in [3.63, 3.8) is 0 Å². The van der Waals surface area contributed by atoms with Crippen molar-refractivity contribution in [2.45, 2.75) is 30.3 Å². The average molecular weight is 295 g/mol. The van der Waals surface area contributed by atoms with Crippen LogP contribution in [0.2, 0.25) is 5.02 Å². The molecule has 0 spiro atoms. The minimum Gasteiger partial charge on any atom is -0.370 e. The topological polar surface area (TPSA) is 50.7 Å². The predicted octanol–water partition coefficient (Wildman–Crippen LogP) is 3.81. The van der Waals surface area contributed by atoms with Crippen LogP contribution >= 0.6 is 23.4 Å². The lowest BCUT2D eigenvalue weighted by atomic mass is 10.4. The minimum absolute atomic E-state index is 0.633. The van der Waals surface area contributed by atoms with E-state index in [4.69, 9.17) is 11.6 Å². The number of anilines is 1. The second-order valence-corrected chi connectivity index (χ2v) is 5.46. The van der Waals surface area contributed by atoms with E-state index in [1.54, 1.807) is 6.20 Å². The molecule has 2 rings (SSSR count).